The molecule has 0 radical (unpaired) electrons. The van der Waals surface area contributed by atoms with Crippen LogP contribution in [0.25, 0.3) is 0 Å². The standard InChI is InChI=1S/C17H19NOS/c1-2-5-14-13(4-1)11-18-12-17(14)7-8-19-15(10-17)16-6-3-9-20-16/h1-6,9,15,18H,7-8,10-12H2. The normalized spacial score (nSPS) is 29.3. The highest BCUT2D eigenvalue weighted by molar-refractivity contribution is 7.10. The first-order valence-corrected chi connectivity index (χ1v) is 8.19. The van der Waals surface area contributed by atoms with Crippen LogP contribution < -0.4 is 5.32 Å². The molecule has 0 bridgehead atoms. The van der Waals surface area contributed by atoms with Crippen molar-refractivity contribution < 1.29 is 4.74 Å². The Balaban J connectivity index is 1.71. The van der Waals surface area contributed by atoms with Crippen LogP contribution in [0, 0.1) is 0 Å². The van der Waals surface area contributed by atoms with Gasteiger partial charge < -0.3 is 10.1 Å². The molecule has 1 saturated heterocycles. The van der Waals surface area contributed by atoms with Gasteiger partial charge in [-0.2, -0.15) is 0 Å². The van der Waals surface area contributed by atoms with Gasteiger partial charge in [0.2, 0.25) is 0 Å². The molecule has 20 heavy (non-hydrogen) atoms. The maximum Gasteiger partial charge on any atom is 0.0925 e. The quantitative estimate of drug-likeness (QED) is 0.863. The van der Waals surface area contributed by atoms with Crippen molar-refractivity contribution in [3.63, 3.8) is 0 Å². The van der Waals surface area contributed by atoms with Gasteiger partial charge in [0.15, 0.2) is 0 Å². The third-order valence-electron chi connectivity index (χ3n) is 4.70. The van der Waals surface area contributed by atoms with Crippen LogP contribution in [0.1, 0.15) is 34.9 Å². The predicted molar refractivity (Wildman–Crippen MR) is 82.1 cm³/mol. The second-order valence-electron chi connectivity index (χ2n) is 5.87. The minimum absolute atomic E-state index is 0.252. The fraction of sp³-hybridized carbons (Fsp3) is 0.412. The molecule has 1 aromatic heterocycles. The van der Waals surface area contributed by atoms with Crippen molar-refractivity contribution in [3.8, 4) is 0 Å². The first-order chi connectivity index (χ1) is 9.87. The van der Waals surface area contributed by atoms with Gasteiger partial charge in [0, 0.05) is 30.0 Å². The van der Waals surface area contributed by atoms with Crippen LogP contribution in [0.5, 0.6) is 0 Å². The number of nitrogens with one attached hydrogen (secondary N) is 1. The third kappa shape index (κ3) is 2.01. The molecule has 2 nitrogen and oxygen atoms in total. The molecular formula is C17H19NOS. The van der Waals surface area contributed by atoms with Crippen LogP contribution in [0.2, 0.25) is 0 Å². The summed E-state index contributed by atoms with van der Waals surface area (Å²) in [5.74, 6) is 0. The highest BCUT2D eigenvalue weighted by Gasteiger charge is 2.41. The summed E-state index contributed by atoms with van der Waals surface area (Å²) in [5.41, 5.74) is 3.26. The Morgan fingerprint density at radius 2 is 2.15 bits per heavy atom. The van der Waals surface area contributed by atoms with E-state index >= 15 is 0 Å². The smallest absolute Gasteiger partial charge is 0.0925 e. The molecule has 104 valence electrons. The molecule has 1 aromatic carbocycles. The predicted octanol–water partition coefficient (Wildman–Crippen LogP) is 3.64. The summed E-state index contributed by atoms with van der Waals surface area (Å²) in [6.07, 6.45) is 2.48. The topological polar surface area (TPSA) is 21.3 Å². The number of rotatable bonds is 1. The van der Waals surface area contributed by atoms with E-state index in [1.54, 1.807) is 5.56 Å². The number of thiophene rings is 1. The van der Waals surface area contributed by atoms with E-state index < -0.39 is 0 Å². The Bertz CT molecular complexity index is 595. The van der Waals surface area contributed by atoms with Gasteiger partial charge >= 0.3 is 0 Å². The largest absolute Gasteiger partial charge is 0.373 e. The second kappa shape index (κ2) is 4.99. The maximum atomic E-state index is 6.05. The number of ether oxygens (including phenoxy) is 1. The van der Waals surface area contributed by atoms with Crippen molar-refractivity contribution in [2.24, 2.45) is 0 Å². The lowest BCUT2D eigenvalue weighted by molar-refractivity contribution is -0.0227. The van der Waals surface area contributed by atoms with E-state index in [1.165, 1.54) is 10.4 Å². The third-order valence-corrected chi connectivity index (χ3v) is 5.67. The van der Waals surface area contributed by atoms with Crippen LogP contribution in [0.15, 0.2) is 41.8 Å². The van der Waals surface area contributed by atoms with Gasteiger partial charge in [0.1, 0.15) is 0 Å². The van der Waals surface area contributed by atoms with E-state index in [9.17, 15) is 0 Å². The maximum absolute atomic E-state index is 6.05. The minimum Gasteiger partial charge on any atom is -0.373 e. The zero-order chi connectivity index (χ0) is 13.4. The van der Waals surface area contributed by atoms with Gasteiger partial charge in [-0.25, -0.2) is 0 Å². The van der Waals surface area contributed by atoms with E-state index in [0.29, 0.717) is 0 Å². The number of benzene rings is 1. The number of hydrogen-bond acceptors (Lipinski definition) is 3. The van der Waals surface area contributed by atoms with E-state index in [4.69, 9.17) is 4.74 Å². The average molecular weight is 285 g/mol. The van der Waals surface area contributed by atoms with Gasteiger partial charge in [0.05, 0.1) is 6.10 Å². The fourth-order valence-corrected chi connectivity index (χ4v) is 4.47. The molecule has 3 heterocycles. The lowest BCUT2D eigenvalue weighted by Crippen LogP contribution is -2.47. The van der Waals surface area contributed by atoms with Crippen molar-refractivity contribution in [2.45, 2.75) is 30.9 Å². The van der Waals surface area contributed by atoms with E-state index in [2.05, 4.69) is 47.1 Å². The lowest BCUT2D eigenvalue weighted by Gasteiger charge is -2.45. The molecule has 1 fully saturated rings. The molecule has 3 heteroatoms. The second-order valence-corrected chi connectivity index (χ2v) is 6.85. The van der Waals surface area contributed by atoms with E-state index in [-0.39, 0.29) is 11.5 Å². The van der Waals surface area contributed by atoms with Crippen LogP contribution in [0.4, 0.5) is 0 Å². The highest BCUT2D eigenvalue weighted by atomic mass is 32.1. The van der Waals surface area contributed by atoms with Gasteiger partial charge in [-0.3, -0.25) is 0 Å². The fourth-order valence-electron chi connectivity index (χ4n) is 3.70. The SMILES string of the molecule is c1csc(C2CC3(CCO2)CNCc2ccccc23)c1. The Kier molecular flexibility index (Phi) is 3.14. The Labute approximate surface area is 123 Å². The zero-order valence-electron chi connectivity index (χ0n) is 11.5. The average Bonchev–Trinajstić information content (AvgIpc) is 3.02. The van der Waals surface area contributed by atoms with Crippen LogP contribution in [0.3, 0.4) is 0 Å². The molecule has 0 amide bonds. The van der Waals surface area contributed by atoms with E-state index in [0.717, 1.165) is 32.5 Å². The molecule has 2 unspecified atom stereocenters. The van der Waals surface area contributed by atoms with Gasteiger partial charge in [0.25, 0.3) is 0 Å². The van der Waals surface area contributed by atoms with Gasteiger partial charge in [-0.1, -0.05) is 30.3 Å². The molecule has 4 rings (SSSR count). The van der Waals surface area contributed by atoms with Crippen molar-refractivity contribution in [1.29, 1.82) is 0 Å². The van der Waals surface area contributed by atoms with Crippen molar-refractivity contribution in [1.82, 2.24) is 5.32 Å². The molecule has 1 N–H and O–H groups in total. The first kappa shape index (κ1) is 12.6. The molecule has 0 saturated carbocycles. The van der Waals surface area contributed by atoms with Gasteiger partial charge in [-0.15, -0.1) is 11.3 Å². The molecule has 2 atom stereocenters. The summed E-state index contributed by atoms with van der Waals surface area (Å²) in [6.45, 7) is 2.94. The first-order valence-electron chi connectivity index (χ1n) is 7.32. The molecule has 0 aliphatic carbocycles. The zero-order valence-corrected chi connectivity index (χ0v) is 12.3. The highest BCUT2D eigenvalue weighted by Crippen LogP contribution is 2.45. The van der Waals surface area contributed by atoms with Crippen LogP contribution >= 0.6 is 11.3 Å². The monoisotopic (exact) mass is 285 g/mol. The number of hydrogen-bond donors (Lipinski definition) is 1. The summed E-state index contributed by atoms with van der Waals surface area (Å²) >= 11 is 1.81. The lowest BCUT2D eigenvalue weighted by atomic mass is 9.69. The molecule has 1 spiro atoms. The Morgan fingerprint density at radius 3 is 3.05 bits per heavy atom. The summed E-state index contributed by atoms with van der Waals surface area (Å²) in [4.78, 5) is 1.37. The summed E-state index contributed by atoms with van der Waals surface area (Å²) in [6, 6.07) is 13.2. The van der Waals surface area contributed by atoms with Crippen LogP contribution in [-0.4, -0.2) is 13.2 Å². The Morgan fingerprint density at radius 1 is 1.20 bits per heavy atom. The molecular weight excluding hydrogens is 266 g/mol. The van der Waals surface area contributed by atoms with Crippen molar-refractivity contribution in [2.75, 3.05) is 13.2 Å². The number of fused-ring (bicyclic) bond motifs is 2. The van der Waals surface area contributed by atoms with E-state index in [1.807, 2.05) is 11.3 Å². The molecule has 2 aromatic rings. The summed E-state index contributed by atoms with van der Waals surface area (Å²) in [5, 5.41) is 5.76. The van der Waals surface area contributed by atoms with Crippen molar-refractivity contribution >= 4 is 11.3 Å². The van der Waals surface area contributed by atoms with Crippen molar-refractivity contribution in [3.05, 3.63) is 57.8 Å². The molecule has 2 aliphatic rings. The molecule has 2 aliphatic heterocycles. The Hall–Kier alpha value is -1.16. The van der Waals surface area contributed by atoms with Gasteiger partial charge in [-0.05, 0) is 35.4 Å². The van der Waals surface area contributed by atoms with Crippen LogP contribution in [-0.2, 0) is 16.7 Å². The minimum atomic E-state index is 0.252. The summed E-state index contributed by atoms with van der Waals surface area (Å²) < 4.78 is 6.05. The summed E-state index contributed by atoms with van der Waals surface area (Å²) in [7, 11) is 0.